The van der Waals surface area contributed by atoms with Gasteiger partial charge in [0.2, 0.25) is 0 Å². The average molecular weight is 106 g/mol. The Kier molecular flexibility index (Phi) is 0.231. The van der Waals surface area contributed by atoms with Gasteiger partial charge < -0.3 is 0 Å². The second-order valence-corrected chi connectivity index (χ2v) is 4.25. The van der Waals surface area contributed by atoms with Crippen molar-refractivity contribution >= 4 is 0 Å². The van der Waals surface area contributed by atoms with Crippen molar-refractivity contribution in [3.8, 4) is 0 Å². The summed E-state index contributed by atoms with van der Waals surface area (Å²) in [6.07, 6.45) is 4.87. The van der Waals surface area contributed by atoms with Gasteiger partial charge in [-0.25, -0.2) is 0 Å². The summed E-state index contributed by atoms with van der Waals surface area (Å²) in [6, 6.07) is 0. The third-order valence-electron chi connectivity index (χ3n) is 4.58. The van der Waals surface area contributed by atoms with E-state index in [0.29, 0.717) is 0 Å². The van der Waals surface area contributed by atoms with Crippen LogP contribution in [0.3, 0.4) is 0 Å². The molecule has 1 spiro atoms. The average Bonchev–Trinajstić information content (AvgIpc) is 2.40. The van der Waals surface area contributed by atoms with E-state index in [-0.39, 0.29) is 0 Å². The maximum Gasteiger partial charge on any atom is -0.0172 e. The van der Waals surface area contributed by atoms with E-state index >= 15 is 0 Å². The Bertz CT molecular complexity index is 176. The lowest BCUT2D eigenvalue weighted by Gasteiger charge is -2.29. The van der Waals surface area contributed by atoms with Crippen molar-refractivity contribution in [3.05, 3.63) is 0 Å². The molecule has 0 aromatic rings. The van der Waals surface area contributed by atoms with Crippen LogP contribution in [0, 0.1) is 29.1 Å². The van der Waals surface area contributed by atoms with Crippen LogP contribution in [0.2, 0.25) is 0 Å². The van der Waals surface area contributed by atoms with Crippen LogP contribution in [-0.2, 0) is 0 Å². The predicted octanol–water partition coefficient (Wildman–Crippen LogP) is 1.66. The van der Waals surface area contributed by atoms with Crippen LogP contribution in [0.5, 0.6) is 0 Å². The summed E-state index contributed by atoms with van der Waals surface area (Å²) in [6.45, 7) is 0. The molecule has 4 rings (SSSR count). The summed E-state index contributed by atoms with van der Waals surface area (Å²) < 4.78 is 0. The maximum atomic E-state index is 1.64. The molecule has 0 nitrogen and oxygen atoms in total. The highest BCUT2D eigenvalue weighted by molar-refractivity contribution is 5.42. The molecule has 8 heavy (non-hydrogen) atoms. The smallest absolute Gasteiger partial charge is 0.0172 e. The zero-order valence-electron chi connectivity index (χ0n) is 4.93. The summed E-state index contributed by atoms with van der Waals surface area (Å²) in [4.78, 5) is 0. The Morgan fingerprint density at radius 3 is 2.62 bits per heavy atom. The zero-order valence-corrected chi connectivity index (χ0v) is 4.93. The molecule has 5 atom stereocenters. The first-order chi connectivity index (χ1) is 3.95. The minimum Gasteiger partial charge on any atom is -0.0496 e. The zero-order chi connectivity index (χ0) is 4.93. The molecule has 4 fully saturated rings. The number of rotatable bonds is 0. The molecular formula is C8H10. The predicted molar refractivity (Wildman–Crippen MR) is 30.2 cm³/mol. The van der Waals surface area contributed by atoms with Gasteiger partial charge in [-0.1, -0.05) is 0 Å². The molecule has 0 heterocycles. The van der Waals surface area contributed by atoms with Gasteiger partial charge in [-0.3, -0.25) is 0 Å². The quantitative estimate of drug-likeness (QED) is 0.440. The monoisotopic (exact) mass is 106 g/mol. The van der Waals surface area contributed by atoms with Gasteiger partial charge in [-0.15, -0.1) is 0 Å². The van der Waals surface area contributed by atoms with E-state index in [2.05, 4.69) is 0 Å². The van der Waals surface area contributed by atoms with Crippen molar-refractivity contribution in [1.29, 1.82) is 0 Å². The van der Waals surface area contributed by atoms with Crippen molar-refractivity contribution in [1.82, 2.24) is 0 Å². The highest BCUT2D eigenvalue weighted by Gasteiger charge is 2.95. The van der Waals surface area contributed by atoms with Crippen molar-refractivity contribution in [2.75, 3.05) is 0 Å². The number of hydrogen-bond donors (Lipinski definition) is 0. The third-order valence-corrected chi connectivity index (χ3v) is 4.58. The largest absolute Gasteiger partial charge is 0.0496 e. The molecule has 0 saturated heterocycles. The van der Waals surface area contributed by atoms with E-state index in [1.165, 1.54) is 23.7 Å². The molecule has 0 N–H and O–H groups in total. The molecule has 42 valence electrons. The fourth-order valence-corrected chi connectivity index (χ4v) is 4.26. The highest BCUT2D eigenvalue weighted by Crippen LogP contribution is 2.99. The van der Waals surface area contributed by atoms with E-state index in [1.54, 1.807) is 19.3 Å². The van der Waals surface area contributed by atoms with E-state index in [1.807, 2.05) is 0 Å². The van der Waals surface area contributed by atoms with Gasteiger partial charge >= 0.3 is 0 Å². The van der Waals surface area contributed by atoms with Gasteiger partial charge in [0.1, 0.15) is 0 Å². The van der Waals surface area contributed by atoms with E-state index in [0.717, 1.165) is 5.41 Å². The van der Waals surface area contributed by atoms with Crippen LogP contribution < -0.4 is 0 Å². The van der Waals surface area contributed by atoms with Gasteiger partial charge in [-0.2, -0.15) is 0 Å². The summed E-state index contributed by atoms with van der Waals surface area (Å²) in [7, 11) is 0. The first-order valence-electron chi connectivity index (χ1n) is 3.95. The molecule has 0 radical (unpaired) electrons. The fourth-order valence-electron chi connectivity index (χ4n) is 4.26. The summed E-state index contributed by atoms with van der Waals surface area (Å²) in [5.41, 5.74) is 1.08. The van der Waals surface area contributed by atoms with Crippen LogP contribution in [0.25, 0.3) is 0 Å². The first-order valence-corrected chi connectivity index (χ1v) is 3.95. The minimum atomic E-state index is 1.08. The second-order valence-electron chi connectivity index (χ2n) is 4.25. The first kappa shape index (κ1) is 3.24. The molecule has 4 saturated carbocycles. The molecule has 5 unspecified atom stereocenters. The van der Waals surface area contributed by atoms with E-state index < -0.39 is 0 Å². The molecule has 4 aliphatic rings. The molecule has 0 aromatic heterocycles. The Hall–Kier alpha value is 0. The topological polar surface area (TPSA) is 0 Å². The fraction of sp³-hybridized carbons (Fsp3) is 1.00. The molecule has 0 bridgehead atoms. The van der Waals surface area contributed by atoms with Gasteiger partial charge in [0.15, 0.2) is 0 Å². The highest BCUT2D eigenvalue weighted by atomic mass is 15.0. The number of hydrogen-bond acceptors (Lipinski definition) is 0. The molecule has 4 aliphatic carbocycles. The Labute approximate surface area is 49.3 Å². The summed E-state index contributed by atoms with van der Waals surface area (Å²) in [5, 5.41) is 0. The normalized spacial score (nSPS) is 87.0. The van der Waals surface area contributed by atoms with Crippen molar-refractivity contribution in [3.63, 3.8) is 0 Å². The lowest BCUT2D eigenvalue weighted by atomic mass is 9.75. The summed E-state index contributed by atoms with van der Waals surface area (Å²) in [5.74, 6) is 5.13. The molecule has 0 amide bonds. The molecule has 0 aromatic carbocycles. The van der Waals surface area contributed by atoms with Crippen LogP contribution in [-0.4, -0.2) is 0 Å². The van der Waals surface area contributed by atoms with Gasteiger partial charge in [0.25, 0.3) is 0 Å². The SMILES string of the molecule is C1CC2C3C4CC1C243. The van der Waals surface area contributed by atoms with Crippen molar-refractivity contribution < 1.29 is 0 Å². The summed E-state index contributed by atoms with van der Waals surface area (Å²) >= 11 is 0. The number of fused-ring (bicyclic) bond motifs is 2. The Morgan fingerprint density at radius 2 is 2.12 bits per heavy atom. The Morgan fingerprint density at radius 1 is 1.12 bits per heavy atom. The maximum absolute atomic E-state index is 1.64. The van der Waals surface area contributed by atoms with E-state index in [4.69, 9.17) is 0 Å². The van der Waals surface area contributed by atoms with Gasteiger partial charge in [-0.05, 0) is 48.3 Å². The minimum absolute atomic E-state index is 1.08. The van der Waals surface area contributed by atoms with Gasteiger partial charge in [0.05, 0.1) is 0 Å². The van der Waals surface area contributed by atoms with Crippen LogP contribution in [0.15, 0.2) is 0 Å². The van der Waals surface area contributed by atoms with Gasteiger partial charge in [0, 0.05) is 0 Å². The lowest BCUT2D eigenvalue weighted by Crippen LogP contribution is -2.23. The second kappa shape index (κ2) is 0.571. The molecule has 0 aliphatic heterocycles. The molecular weight excluding hydrogens is 96.1 g/mol. The molecule has 0 heteroatoms. The van der Waals surface area contributed by atoms with Crippen molar-refractivity contribution in [2.24, 2.45) is 29.1 Å². The Balaban J connectivity index is 2.01. The van der Waals surface area contributed by atoms with E-state index in [9.17, 15) is 0 Å². The van der Waals surface area contributed by atoms with Crippen LogP contribution in [0.1, 0.15) is 19.3 Å². The standard InChI is InChI=1S/C8H10/c1-2-5-7-6-3-4(1)8(5,6)7/h4-7H,1-3H2. The van der Waals surface area contributed by atoms with Crippen LogP contribution in [0.4, 0.5) is 0 Å². The lowest BCUT2D eigenvalue weighted by molar-refractivity contribution is 0.189. The van der Waals surface area contributed by atoms with Crippen molar-refractivity contribution in [2.45, 2.75) is 19.3 Å². The third kappa shape index (κ3) is 0.110. The van der Waals surface area contributed by atoms with Crippen LogP contribution >= 0.6 is 0 Å².